The molecule has 1 atom stereocenters. The number of aliphatic hydroxyl groups excluding tert-OH is 1. The van der Waals surface area contributed by atoms with Crippen molar-refractivity contribution in [3.05, 3.63) is 35.8 Å². The van der Waals surface area contributed by atoms with Crippen LogP contribution in [0.1, 0.15) is 38.3 Å². The van der Waals surface area contributed by atoms with Gasteiger partial charge in [-0.05, 0) is 30.9 Å². The quantitative estimate of drug-likeness (QED) is 0.666. The number of rotatable bonds is 8. The van der Waals surface area contributed by atoms with Gasteiger partial charge in [-0.3, -0.25) is 0 Å². The highest BCUT2D eigenvalue weighted by atomic mass is 19.1. The molecule has 1 fully saturated rings. The van der Waals surface area contributed by atoms with E-state index < -0.39 is 5.82 Å². The molecular formula is C19H25FN4O2. The van der Waals surface area contributed by atoms with E-state index in [1.165, 1.54) is 13.2 Å². The fourth-order valence-corrected chi connectivity index (χ4v) is 2.66. The fourth-order valence-electron chi connectivity index (χ4n) is 2.66. The van der Waals surface area contributed by atoms with Gasteiger partial charge in [-0.25, -0.2) is 9.37 Å². The van der Waals surface area contributed by atoms with Gasteiger partial charge in [-0.1, -0.05) is 13.8 Å². The number of hydrogen-bond acceptors (Lipinski definition) is 6. The molecule has 2 aromatic rings. The molecule has 1 aliphatic carbocycles. The van der Waals surface area contributed by atoms with Gasteiger partial charge in [0.05, 0.1) is 25.5 Å². The zero-order valence-electron chi connectivity index (χ0n) is 15.3. The summed E-state index contributed by atoms with van der Waals surface area (Å²) in [6.45, 7) is 4.05. The van der Waals surface area contributed by atoms with E-state index in [4.69, 9.17) is 4.74 Å². The molecule has 0 saturated heterocycles. The van der Waals surface area contributed by atoms with Gasteiger partial charge in [0.25, 0.3) is 0 Å². The molecule has 0 amide bonds. The lowest BCUT2D eigenvalue weighted by atomic mass is 10.1. The third kappa shape index (κ3) is 4.40. The Labute approximate surface area is 152 Å². The molecule has 7 heteroatoms. The number of anilines is 3. The zero-order valence-corrected chi connectivity index (χ0v) is 15.3. The molecule has 26 heavy (non-hydrogen) atoms. The third-order valence-corrected chi connectivity index (χ3v) is 4.48. The Kier molecular flexibility index (Phi) is 5.56. The maximum absolute atomic E-state index is 13.9. The van der Waals surface area contributed by atoms with Crippen molar-refractivity contribution < 1.29 is 14.2 Å². The highest BCUT2D eigenvalue weighted by Crippen LogP contribution is 2.40. The first-order valence-electron chi connectivity index (χ1n) is 8.87. The van der Waals surface area contributed by atoms with Crippen molar-refractivity contribution in [3.63, 3.8) is 0 Å². The summed E-state index contributed by atoms with van der Waals surface area (Å²) < 4.78 is 18.9. The minimum absolute atomic E-state index is 0.00113. The van der Waals surface area contributed by atoms with Crippen molar-refractivity contribution in [1.82, 2.24) is 9.97 Å². The molecule has 1 heterocycles. The normalized spacial score (nSPS) is 15.0. The molecule has 0 bridgehead atoms. The highest BCUT2D eigenvalue weighted by molar-refractivity contribution is 5.59. The molecule has 3 N–H and O–H groups in total. The van der Waals surface area contributed by atoms with Crippen LogP contribution < -0.4 is 15.4 Å². The average Bonchev–Trinajstić information content (AvgIpc) is 3.44. The van der Waals surface area contributed by atoms with Crippen LogP contribution in [0.5, 0.6) is 5.75 Å². The first kappa shape index (κ1) is 18.4. The van der Waals surface area contributed by atoms with E-state index in [2.05, 4.69) is 20.6 Å². The molecule has 1 aliphatic rings. The lowest BCUT2D eigenvalue weighted by Crippen LogP contribution is -2.30. The summed E-state index contributed by atoms with van der Waals surface area (Å²) in [4.78, 5) is 9.07. The number of halogens is 1. The Morgan fingerprint density at radius 2 is 2.04 bits per heavy atom. The topological polar surface area (TPSA) is 79.3 Å². The van der Waals surface area contributed by atoms with Crippen LogP contribution in [-0.4, -0.2) is 34.8 Å². The number of methoxy groups -OCH3 is 1. The first-order chi connectivity index (χ1) is 12.5. The van der Waals surface area contributed by atoms with Crippen molar-refractivity contribution in [2.24, 2.45) is 5.92 Å². The number of nitrogens with one attached hydrogen (secondary N) is 2. The van der Waals surface area contributed by atoms with Gasteiger partial charge < -0.3 is 20.5 Å². The Hall–Kier alpha value is -2.41. The first-order valence-corrected chi connectivity index (χ1v) is 8.87. The number of aliphatic hydroxyl groups is 1. The minimum Gasteiger partial charge on any atom is -0.494 e. The lowest BCUT2D eigenvalue weighted by Gasteiger charge is -2.20. The molecule has 0 unspecified atom stereocenters. The van der Waals surface area contributed by atoms with E-state index in [-0.39, 0.29) is 24.3 Å². The van der Waals surface area contributed by atoms with Gasteiger partial charge in [0.15, 0.2) is 11.6 Å². The second-order valence-corrected chi connectivity index (χ2v) is 6.93. The molecule has 0 radical (unpaired) electrons. The maximum atomic E-state index is 13.9. The van der Waals surface area contributed by atoms with Gasteiger partial charge in [0.1, 0.15) is 5.82 Å². The van der Waals surface area contributed by atoms with E-state index >= 15 is 0 Å². The lowest BCUT2D eigenvalue weighted by molar-refractivity contribution is 0.248. The Morgan fingerprint density at radius 1 is 1.27 bits per heavy atom. The number of aromatic nitrogens is 2. The molecule has 3 rings (SSSR count). The summed E-state index contributed by atoms with van der Waals surface area (Å²) in [5.41, 5.74) is 1.54. The van der Waals surface area contributed by atoms with Crippen LogP contribution >= 0.6 is 0 Å². The second kappa shape index (κ2) is 7.86. The van der Waals surface area contributed by atoms with Gasteiger partial charge in [-0.15, -0.1) is 0 Å². The monoisotopic (exact) mass is 360 g/mol. The van der Waals surface area contributed by atoms with E-state index in [1.54, 1.807) is 12.1 Å². The van der Waals surface area contributed by atoms with Crippen LogP contribution in [-0.2, 0) is 0 Å². The molecule has 6 nitrogen and oxygen atoms in total. The fraction of sp³-hybridized carbons (Fsp3) is 0.474. The summed E-state index contributed by atoms with van der Waals surface area (Å²) in [6.07, 6.45) is 2.22. The molecule has 1 aromatic carbocycles. The van der Waals surface area contributed by atoms with E-state index in [1.807, 2.05) is 19.9 Å². The number of benzene rings is 1. The minimum atomic E-state index is -0.438. The summed E-state index contributed by atoms with van der Waals surface area (Å²) in [6, 6.07) is 6.44. The maximum Gasteiger partial charge on any atom is 0.225 e. The predicted octanol–water partition coefficient (Wildman–Crippen LogP) is 3.67. The molecular weight excluding hydrogens is 335 g/mol. The molecule has 1 aromatic heterocycles. The standard InChI is InChI=1S/C19H25FN4O2/c1-11(2)16(10-25)23-19-22-15(12-4-5-12)9-18(24-19)21-13-6-7-17(26-3)14(20)8-13/h6-9,11-12,16,25H,4-5,10H2,1-3H3,(H2,21,22,23,24)/t16-/m1/s1. The van der Waals surface area contributed by atoms with Crippen molar-refractivity contribution in [3.8, 4) is 5.75 Å². The second-order valence-electron chi connectivity index (χ2n) is 6.93. The van der Waals surface area contributed by atoms with Crippen LogP contribution in [0.25, 0.3) is 0 Å². The number of nitrogens with zero attached hydrogens (tertiary/aromatic N) is 2. The van der Waals surface area contributed by atoms with Crippen molar-refractivity contribution in [1.29, 1.82) is 0 Å². The van der Waals surface area contributed by atoms with Crippen molar-refractivity contribution >= 4 is 17.5 Å². The summed E-state index contributed by atoms with van der Waals surface area (Å²) in [5.74, 6) is 1.50. The summed E-state index contributed by atoms with van der Waals surface area (Å²) in [7, 11) is 1.43. The van der Waals surface area contributed by atoms with Crippen LogP contribution in [0.3, 0.4) is 0 Å². The molecule has 1 saturated carbocycles. The molecule has 140 valence electrons. The van der Waals surface area contributed by atoms with Gasteiger partial charge in [-0.2, -0.15) is 4.98 Å². The van der Waals surface area contributed by atoms with Crippen molar-refractivity contribution in [2.45, 2.75) is 38.6 Å². The average molecular weight is 360 g/mol. The van der Waals surface area contributed by atoms with Gasteiger partial charge >= 0.3 is 0 Å². The van der Waals surface area contributed by atoms with E-state index in [0.717, 1.165) is 18.5 Å². The van der Waals surface area contributed by atoms with Crippen LogP contribution in [0.4, 0.5) is 21.8 Å². The van der Waals surface area contributed by atoms with Gasteiger partial charge in [0, 0.05) is 23.7 Å². The van der Waals surface area contributed by atoms with Crippen LogP contribution in [0.2, 0.25) is 0 Å². The third-order valence-electron chi connectivity index (χ3n) is 4.48. The SMILES string of the molecule is COc1ccc(Nc2cc(C3CC3)nc(N[C@H](CO)C(C)C)n2)cc1F. The molecule has 0 spiro atoms. The smallest absolute Gasteiger partial charge is 0.225 e. The van der Waals surface area contributed by atoms with Gasteiger partial charge in [0.2, 0.25) is 5.95 Å². The predicted molar refractivity (Wildman–Crippen MR) is 99.6 cm³/mol. The number of hydrogen-bond donors (Lipinski definition) is 3. The van der Waals surface area contributed by atoms with Crippen molar-refractivity contribution in [2.75, 3.05) is 24.4 Å². The van der Waals surface area contributed by atoms with E-state index in [9.17, 15) is 9.50 Å². The van der Waals surface area contributed by atoms with Crippen LogP contribution in [0.15, 0.2) is 24.3 Å². The zero-order chi connectivity index (χ0) is 18.7. The summed E-state index contributed by atoms with van der Waals surface area (Å²) in [5, 5.41) is 15.9. The number of ether oxygens (including phenoxy) is 1. The Balaban J connectivity index is 1.85. The Morgan fingerprint density at radius 3 is 2.62 bits per heavy atom. The summed E-state index contributed by atoms with van der Waals surface area (Å²) >= 11 is 0. The molecule has 0 aliphatic heterocycles. The largest absolute Gasteiger partial charge is 0.494 e. The highest BCUT2D eigenvalue weighted by Gasteiger charge is 2.26. The van der Waals surface area contributed by atoms with E-state index in [0.29, 0.717) is 23.4 Å². The Bertz CT molecular complexity index is 765. The van der Waals surface area contributed by atoms with Crippen LogP contribution in [0, 0.1) is 11.7 Å².